The summed E-state index contributed by atoms with van der Waals surface area (Å²) in [5.41, 5.74) is 8.63. The number of carbonyl (C=O) groups is 3. The van der Waals surface area contributed by atoms with Crippen LogP contribution in [0.5, 0.6) is 5.75 Å². The van der Waals surface area contributed by atoms with Crippen LogP contribution in [0.25, 0.3) is 11.1 Å². The molecule has 0 aliphatic heterocycles. The summed E-state index contributed by atoms with van der Waals surface area (Å²) in [4.78, 5) is 41.1. The molecule has 8 heteroatoms. The third kappa shape index (κ3) is 4.09. The van der Waals surface area contributed by atoms with Gasteiger partial charge in [0.2, 0.25) is 0 Å². The van der Waals surface area contributed by atoms with Gasteiger partial charge < -0.3 is 26.0 Å². The predicted molar refractivity (Wildman–Crippen MR) is 148 cm³/mol. The number of Topliss-reactive ketones (excluding diaryl/α,β-unsaturated/α-hetero) is 2. The summed E-state index contributed by atoms with van der Waals surface area (Å²) in [5.74, 6) is -5.26. The highest BCUT2D eigenvalue weighted by Crippen LogP contribution is 2.52. The highest BCUT2D eigenvalue weighted by Gasteiger charge is 2.50. The number of aliphatic hydroxyl groups is 2. The molecule has 2 aromatic carbocycles. The number of ketones is 2. The van der Waals surface area contributed by atoms with E-state index in [1.807, 2.05) is 70.1 Å². The molecule has 0 bridgehead atoms. The molecule has 0 heterocycles. The van der Waals surface area contributed by atoms with Gasteiger partial charge in [-0.2, -0.15) is 0 Å². The Morgan fingerprint density at radius 1 is 1.03 bits per heavy atom. The Bertz CT molecular complexity index is 1490. The molecule has 2 aromatic rings. The SMILES string of the molecule is CN(C)c1ccc(-c2cc(C(C)(C)C)c(O)c3c2CC2CC4CC(O)=C(C(N)=O)C(=O)C4C(O)=C2C3=O)cc1. The average molecular weight is 531 g/mol. The molecule has 3 unspecified atom stereocenters. The summed E-state index contributed by atoms with van der Waals surface area (Å²) in [7, 11) is 3.92. The first kappa shape index (κ1) is 26.5. The van der Waals surface area contributed by atoms with Crippen LogP contribution in [0.15, 0.2) is 53.0 Å². The fourth-order valence-corrected chi connectivity index (χ4v) is 6.48. The number of fused-ring (bicyclic) bond motifs is 3. The smallest absolute Gasteiger partial charge is 0.255 e. The Morgan fingerprint density at radius 2 is 1.67 bits per heavy atom. The first-order chi connectivity index (χ1) is 18.2. The Balaban J connectivity index is 1.71. The molecular weight excluding hydrogens is 496 g/mol. The average Bonchev–Trinajstić information content (AvgIpc) is 2.82. The van der Waals surface area contributed by atoms with Crippen LogP contribution in [0, 0.1) is 17.8 Å². The molecule has 0 fully saturated rings. The maximum absolute atomic E-state index is 14.1. The second-order valence-corrected chi connectivity index (χ2v) is 12.1. The lowest BCUT2D eigenvalue weighted by Crippen LogP contribution is -2.43. The van der Waals surface area contributed by atoms with Gasteiger partial charge in [-0.3, -0.25) is 14.4 Å². The first-order valence-corrected chi connectivity index (χ1v) is 13.1. The number of phenolic OH excluding ortho intramolecular Hbond substituents is 1. The first-order valence-electron chi connectivity index (χ1n) is 13.1. The number of aliphatic hydroxyl groups excluding tert-OH is 2. The van der Waals surface area contributed by atoms with Gasteiger partial charge in [-0.25, -0.2) is 0 Å². The minimum Gasteiger partial charge on any atom is -0.511 e. The number of aromatic hydroxyl groups is 1. The Kier molecular flexibility index (Phi) is 6.12. The van der Waals surface area contributed by atoms with Crippen molar-refractivity contribution in [1.82, 2.24) is 0 Å². The van der Waals surface area contributed by atoms with E-state index in [0.717, 1.165) is 16.8 Å². The van der Waals surface area contributed by atoms with E-state index in [-0.39, 0.29) is 34.8 Å². The molecule has 0 saturated carbocycles. The van der Waals surface area contributed by atoms with Gasteiger partial charge in [-0.1, -0.05) is 32.9 Å². The van der Waals surface area contributed by atoms with Gasteiger partial charge >= 0.3 is 0 Å². The topological polar surface area (TPSA) is 141 Å². The fraction of sp³-hybridized carbons (Fsp3) is 0.387. The molecule has 39 heavy (non-hydrogen) atoms. The number of allylic oxidation sites excluding steroid dienone is 3. The minimum atomic E-state index is -1.13. The van der Waals surface area contributed by atoms with E-state index in [2.05, 4.69) is 0 Å². The van der Waals surface area contributed by atoms with Crippen molar-refractivity contribution in [2.75, 3.05) is 19.0 Å². The number of rotatable bonds is 3. The number of primary amides is 1. The molecular formula is C31H34N2O6. The molecule has 1 amide bonds. The second-order valence-electron chi connectivity index (χ2n) is 12.1. The van der Waals surface area contributed by atoms with Crippen molar-refractivity contribution in [3.63, 3.8) is 0 Å². The Labute approximate surface area is 227 Å². The summed E-state index contributed by atoms with van der Waals surface area (Å²) in [5, 5.41) is 33.2. The maximum Gasteiger partial charge on any atom is 0.255 e. The molecule has 204 valence electrons. The number of carbonyl (C=O) groups excluding carboxylic acids is 3. The molecule has 5 rings (SSSR count). The van der Waals surface area contributed by atoms with E-state index in [1.54, 1.807) is 0 Å². The maximum atomic E-state index is 14.1. The van der Waals surface area contributed by atoms with Crippen LogP contribution in [0.3, 0.4) is 0 Å². The zero-order valence-electron chi connectivity index (χ0n) is 22.8. The van der Waals surface area contributed by atoms with Gasteiger partial charge in [0, 0.05) is 37.3 Å². The molecule has 0 spiro atoms. The summed E-state index contributed by atoms with van der Waals surface area (Å²) < 4.78 is 0. The van der Waals surface area contributed by atoms with E-state index in [9.17, 15) is 29.7 Å². The molecule has 8 nitrogen and oxygen atoms in total. The zero-order chi connectivity index (χ0) is 28.5. The summed E-state index contributed by atoms with van der Waals surface area (Å²) in [6, 6.07) is 9.93. The lowest BCUT2D eigenvalue weighted by molar-refractivity contribution is -0.126. The number of hydrogen-bond acceptors (Lipinski definition) is 7. The van der Waals surface area contributed by atoms with Gasteiger partial charge in [0.05, 0.1) is 11.5 Å². The normalized spacial score (nSPS) is 22.8. The highest BCUT2D eigenvalue weighted by molar-refractivity contribution is 6.22. The molecule has 3 aliphatic rings. The third-order valence-electron chi connectivity index (χ3n) is 8.39. The van der Waals surface area contributed by atoms with Crippen LogP contribution >= 0.6 is 0 Å². The Hall–Kier alpha value is -4.07. The fourth-order valence-electron chi connectivity index (χ4n) is 6.48. The Morgan fingerprint density at radius 3 is 2.23 bits per heavy atom. The number of nitrogens with zero attached hydrogens (tertiary/aromatic N) is 1. The van der Waals surface area contributed by atoms with Gasteiger partial charge in [-0.15, -0.1) is 0 Å². The standard InChI is InChI=1S/C31H34N2O6/c1-31(2,3)20-13-18(14-6-8-17(9-7-14)33(4)5)19-11-15-10-16-12-21(34)25(30(32)39)29(38)23(16)27(36)22(15)28(37)24(19)26(20)35/h6-9,13,15-16,23,34-36H,10-12H2,1-5H3,(H2,32,39). The van der Waals surface area contributed by atoms with Crippen LogP contribution < -0.4 is 10.6 Å². The van der Waals surface area contributed by atoms with E-state index >= 15 is 0 Å². The lowest BCUT2D eigenvalue weighted by atomic mass is 9.61. The van der Waals surface area contributed by atoms with Gasteiger partial charge in [0.15, 0.2) is 11.6 Å². The molecule has 0 aromatic heterocycles. The molecule has 0 saturated heterocycles. The highest BCUT2D eigenvalue weighted by atomic mass is 16.3. The van der Waals surface area contributed by atoms with E-state index in [1.165, 1.54) is 0 Å². The number of amides is 1. The van der Waals surface area contributed by atoms with Crippen LogP contribution in [-0.4, -0.2) is 46.9 Å². The summed E-state index contributed by atoms with van der Waals surface area (Å²) in [6.07, 6.45) is 0.738. The number of phenols is 1. The molecule has 0 radical (unpaired) electrons. The van der Waals surface area contributed by atoms with Gasteiger partial charge in [0.25, 0.3) is 5.91 Å². The van der Waals surface area contributed by atoms with Gasteiger partial charge in [-0.05, 0) is 65.0 Å². The quantitative estimate of drug-likeness (QED) is 0.428. The predicted octanol–water partition coefficient (Wildman–Crippen LogP) is 4.50. The van der Waals surface area contributed by atoms with Crippen LogP contribution in [0.4, 0.5) is 5.69 Å². The summed E-state index contributed by atoms with van der Waals surface area (Å²) >= 11 is 0. The van der Waals surface area contributed by atoms with E-state index < -0.39 is 46.2 Å². The van der Waals surface area contributed by atoms with Crippen molar-refractivity contribution >= 4 is 23.2 Å². The molecule has 3 atom stereocenters. The summed E-state index contributed by atoms with van der Waals surface area (Å²) in [6.45, 7) is 5.86. The van der Waals surface area contributed by atoms with Crippen molar-refractivity contribution in [2.24, 2.45) is 23.5 Å². The number of benzene rings is 2. The van der Waals surface area contributed by atoms with Crippen LogP contribution in [0.2, 0.25) is 0 Å². The number of nitrogens with two attached hydrogens (primary N) is 1. The minimum absolute atomic E-state index is 0.0105. The third-order valence-corrected chi connectivity index (χ3v) is 8.39. The molecule has 3 aliphatic carbocycles. The van der Waals surface area contributed by atoms with Crippen molar-refractivity contribution in [3.05, 3.63) is 69.7 Å². The van der Waals surface area contributed by atoms with E-state index in [0.29, 0.717) is 24.0 Å². The molecule has 5 N–H and O–H groups in total. The zero-order valence-corrected chi connectivity index (χ0v) is 22.8. The largest absolute Gasteiger partial charge is 0.511 e. The van der Waals surface area contributed by atoms with Crippen LogP contribution in [-0.2, 0) is 21.4 Å². The van der Waals surface area contributed by atoms with Crippen molar-refractivity contribution in [2.45, 2.75) is 45.4 Å². The van der Waals surface area contributed by atoms with E-state index in [4.69, 9.17) is 5.73 Å². The van der Waals surface area contributed by atoms with Gasteiger partial charge in [0.1, 0.15) is 22.8 Å². The van der Waals surface area contributed by atoms with Crippen LogP contribution in [0.1, 0.15) is 55.1 Å². The lowest BCUT2D eigenvalue weighted by Gasteiger charge is -2.41. The monoisotopic (exact) mass is 530 g/mol. The van der Waals surface area contributed by atoms with Crippen molar-refractivity contribution < 1.29 is 29.7 Å². The number of hydrogen-bond donors (Lipinski definition) is 4. The second kappa shape index (κ2) is 9.00. The van der Waals surface area contributed by atoms with Crippen molar-refractivity contribution in [1.29, 1.82) is 0 Å². The number of anilines is 1. The van der Waals surface area contributed by atoms with Crippen molar-refractivity contribution in [3.8, 4) is 16.9 Å².